The summed E-state index contributed by atoms with van der Waals surface area (Å²) in [7, 11) is 1.70. The Morgan fingerprint density at radius 3 is 2.74 bits per heavy atom. The summed E-state index contributed by atoms with van der Waals surface area (Å²) in [5, 5.41) is 11.1. The van der Waals surface area contributed by atoms with E-state index in [1.165, 1.54) is 10.4 Å². The zero-order valence-electron chi connectivity index (χ0n) is 11.7. The number of aliphatic imine (C=N–C) groups is 1. The van der Waals surface area contributed by atoms with Crippen LogP contribution in [-0.4, -0.2) is 32.0 Å². The largest absolute Gasteiger partial charge is 0.355 e. The van der Waals surface area contributed by atoms with Crippen molar-refractivity contribution in [1.29, 1.82) is 0 Å². The van der Waals surface area contributed by atoms with Crippen molar-refractivity contribution in [2.24, 2.45) is 4.99 Å². The molecule has 0 spiro atoms. The maximum Gasteiger partial charge on any atom is 0.239 e. The summed E-state index contributed by atoms with van der Waals surface area (Å²) < 4.78 is 0. The summed E-state index contributed by atoms with van der Waals surface area (Å²) in [6.07, 6.45) is 0.941. The Labute approximate surface area is 118 Å². The number of rotatable bonds is 6. The van der Waals surface area contributed by atoms with Crippen LogP contribution in [-0.2, 0) is 11.3 Å². The van der Waals surface area contributed by atoms with E-state index in [9.17, 15) is 4.79 Å². The zero-order chi connectivity index (χ0) is 14.1. The zero-order valence-corrected chi connectivity index (χ0v) is 12.6. The van der Waals surface area contributed by atoms with Gasteiger partial charge in [-0.25, -0.2) is 0 Å². The van der Waals surface area contributed by atoms with Gasteiger partial charge in [0.1, 0.15) is 0 Å². The Morgan fingerprint density at radius 2 is 2.16 bits per heavy atom. The highest BCUT2D eigenvalue weighted by atomic mass is 32.1. The van der Waals surface area contributed by atoms with Crippen LogP contribution in [0.2, 0.25) is 0 Å². The third-order valence-electron chi connectivity index (χ3n) is 2.60. The minimum Gasteiger partial charge on any atom is -0.355 e. The Balaban J connectivity index is 2.31. The molecule has 1 aromatic rings. The van der Waals surface area contributed by atoms with Crippen molar-refractivity contribution in [3.8, 4) is 0 Å². The van der Waals surface area contributed by atoms with Gasteiger partial charge in [-0.3, -0.25) is 9.79 Å². The fourth-order valence-corrected chi connectivity index (χ4v) is 2.31. The summed E-state index contributed by atoms with van der Waals surface area (Å²) in [6, 6.07) is 2.09. The molecule has 5 nitrogen and oxygen atoms in total. The van der Waals surface area contributed by atoms with E-state index >= 15 is 0 Å². The topological polar surface area (TPSA) is 65.5 Å². The molecule has 0 saturated heterocycles. The predicted molar refractivity (Wildman–Crippen MR) is 80.6 cm³/mol. The second-order valence-corrected chi connectivity index (χ2v) is 5.16. The van der Waals surface area contributed by atoms with Crippen molar-refractivity contribution in [3.63, 3.8) is 0 Å². The minimum atomic E-state index is -0.0166. The number of carbonyl (C=O) groups excluding carboxylic acids is 1. The first kappa shape index (κ1) is 15.5. The molecular weight excluding hydrogens is 260 g/mol. The van der Waals surface area contributed by atoms with E-state index in [1.807, 2.05) is 6.92 Å². The lowest BCUT2D eigenvalue weighted by atomic mass is 10.3. The maximum atomic E-state index is 11.5. The van der Waals surface area contributed by atoms with E-state index in [-0.39, 0.29) is 12.5 Å². The van der Waals surface area contributed by atoms with E-state index < -0.39 is 0 Å². The summed E-state index contributed by atoms with van der Waals surface area (Å²) in [5.41, 5.74) is 1.27. The van der Waals surface area contributed by atoms with Crippen molar-refractivity contribution < 1.29 is 4.79 Å². The number of nitrogens with zero attached hydrogens (tertiary/aromatic N) is 1. The fourth-order valence-electron chi connectivity index (χ4n) is 1.46. The Hall–Kier alpha value is -1.56. The van der Waals surface area contributed by atoms with Crippen molar-refractivity contribution in [3.05, 3.63) is 21.9 Å². The normalized spacial score (nSPS) is 11.2. The third kappa shape index (κ3) is 5.74. The lowest BCUT2D eigenvalue weighted by Crippen LogP contribution is -2.43. The monoisotopic (exact) mass is 282 g/mol. The van der Waals surface area contributed by atoms with Crippen molar-refractivity contribution >= 4 is 23.2 Å². The summed E-state index contributed by atoms with van der Waals surface area (Å²) in [6.45, 7) is 5.78. The Bertz CT molecular complexity index is 428. The van der Waals surface area contributed by atoms with Gasteiger partial charge >= 0.3 is 0 Å². The van der Waals surface area contributed by atoms with Crippen LogP contribution in [0.4, 0.5) is 0 Å². The van der Waals surface area contributed by atoms with Crippen LogP contribution in [0.3, 0.4) is 0 Å². The van der Waals surface area contributed by atoms with E-state index in [0.29, 0.717) is 12.5 Å². The van der Waals surface area contributed by atoms with Gasteiger partial charge in [-0.1, -0.05) is 6.92 Å². The molecule has 0 aromatic carbocycles. The minimum absolute atomic E-state index is 0.0166. The number of guanidine groups is 1. The molecule has 1 rings (SSSR count). The highest BCUT2D eigenvalue weighted by Crippen LogP contribution is 2.14. The first-order chi connectivity index (χ1) is 9.17. The lowest BCUT2D eigenvalue weighted by molar-refractivity contribution is -0.120. The average Bonchev–Trinajstić information content (AvgIpc) is 2.82. The Morgan fingerprint density at radius 1 is 1.37 bits per heavy atom. The number of carbonyl (C=O) groups is 1. The molecule has 1 aromatic heterocycles. The smallest absolute Gasteiger partial charge is 0.239 e. The highest BCUT2D eigenvalue weighted by Gasteiger charge is 2.04. The SMILES string of the molecule is CCCNC(=O)CNC(=NC)NCc1sccc1C. The van der Waals surface area contributed by atoms with E-state index in [0.717, 1.165) is 13.0 Å². The third-order valence-corrected chi connectivity index (χ3v) is 3.62. The molecule has 0 unspecified atom stereocenters. The number of thiophene rings is 1. The van der Waals surface area contributed by atoms with E-state index in [2.05, 4.69) is 39.3 Å². The summed E-state index contributed by atoms with van der Waals surface area (Å²) in [4.78, 5) is 16.8. The van der Waals surface area contributed by atoms with Gasteiger partial charge in [0, 0.05) is 18.5 Å². The van der Waals surface area contributed by atoms with Crippen LogP contribution in [0.5, 0.6) is 0 Å². The van der Waals surface area contributed by atoms with Gasteiger partial charge in [-0.2, -0.15) is 0 Å². The molecule has 0 fully saturated rings. The molecule has 0 radical (unpaired) electrons. The molecule has 106 valence electrons. The van der Waals surface area contributed by atoms with E-state index in [1.54, 1.807) is 18.4 Å². The summed E-state index contributed by atoms with van der Waals surface area (Å²) in [5.74, 6) is 0.622. The van der Waals surface area contributed by atoms with Gasteiger partial charge < -0.3 is 16.0 Å². The number of hydrogen-bond donors (Lipinski definition) is 3. The highest BCUT2D eigenvalue weighted by molar-refractivity contribution is 7.10. The predicted octanol–water partition coefficient (Wildman–Crippen LogP) is 1.25. The van der Waals surface area contributed by atoms with Crippen molar-refractivity contribution in [2.45, 2.75) is 26.8 Å². The summed E-state index contributed by atoms with van der Waals surface area (Å²) >= 11 is 1.71. The van der Waals surface area contributed by atoms with Crippen molar-refractivity contribution in [1.82, 2.24) is 16.0 Å². The fraction of sp³-hybridized carbons (Fsp3) is 0.538. The van der Waals surface area contributed by atoms with Gasteiger partial charge in [0.25, 0.3) is 0 Å². The molecule has 0 atom stereocenters. The molecule has 1 amide bonds. The van der Waals surface area contributed by atoms with Gasteiger partial charge in [0.2, 0.25) is 5.91 Å². The van der Waals surface area contributed by atoms with Gasteiger partial charge in [-0.15, -0.1) is 11.3 Å². The van der Waals surface area contributed by atoms with Crippen LogP contribution in [0, 0.1) is 6.92 Å². The van der Waals surface area contributed by atoms with Crippen LogP contribution in [0.1, 0.15) is 23.8 Å². The van der Waals surface area contributed by atoms with Gasteiger partial charge in [0.05, 0.1) is 13.1 Å². The first-order valence-corrected chi connectivity index (χ1v) is 7.29. The molecule has 0 aliphatic heterocycles. The standard InChI is InChI=1S/C13H22N4OS/c1-4-6-15-12(18)9-17-13(14-3)16-8-11-10(2)5-7-19-11/h5,7H,4,6,8-9H2,1-3H3,(H,15,18)(H2,14,16,17). The molecule has 6 heteroatoms. The van der Waals surface area contributed by atoms with Gasteiger partial charge in [0.15, 0.2) is 5.96 Å². The second kappa shape index (κ2) is 8.53. The van der Waals surface area contributed by atoms with Crippen LogP contribution in [0.15, 0.2) is 16.4 Å². The van der Waals surface area contributed by atoms with Crippen LogP contribution < -0.4 is 16.0 Å². The number of amides is 1. The average molecular weight is 282 g/mol. The van der Waals surface area contributed by atoms with Crippen molar-refractivity contribution in [2.75, 3.05) is 20.1 Å². The quantitative estimate of drug-likeness (QED) is 0.543. The molecular formula is C13H22N4OS. The van der Waals surface area contributed by atoms with Crippen LogP contribution in [0.25, 0.3) is 0 Å². The maximum absolute atomic E-state index is 11.5. The molecule has 19 heavy (non-hydrogen) atoms. The lowest BCUT2D eigenvalue weighted by Gasteiger charge is -2.11. The van der Waals surface area contributed by atoms with Gasteiger partial charge in [-0.05, 0) is 30.4 Å². The molecule has 0 aliphatic rings. The molecule has 3 N–H and O–H groups in total. The molecule has 0 saturated carbocycles. The second-order valence-electron chi connectivity index (χ2n) is 4.16. The number of aryl methyl sites for hydroxylation is 1. The molecule has 0 bridgehead atoms. The number of nitrogens with one attached hydrogen (secondary N) is 3. The molecule has 0 aliphatic carbocycles. The Kier molecular flexibility index (Phi) is 6.95. The number of hydrogen-bond acceptors (Lipinski definition) is 3. The first-order valence-electron chi connectivity index (χ1n) is 6.41. The van der Waals surface area contributed by atoms with E-state index in [4.69, 9.17) is 0 Å². The molecule has 1 heterocycles. The van der Waals surface area contributed by atoms with Crippen LogP contribution >= 0.6 is 11.3 Å².